The van der Waals surface area contributed by atoms with Crippen molar-refractivity contribution in [2.24, 2.45) is 0 Å². The zero-order valence-electron chi connectivity index (χ0n) is 9.42. The van der Waals surface area contributed by atoms with E-state index in [0.717, 1.165) is 18.4 Å². The van der Waals surface area contributed by atoms with E-state index in [1.165, 1.54) is 31.4 Å². The van der Waals surface area contributed by atoms with Gasteiger partial charge in [-0.3, -0.25) is 0 Å². The lowest BCUT2D eigenvalue weighted by molar-refractivity contribution is 0.163. The summed E-state index contributed by atoms with van der Waals surface area (Å²) in [7, 11) is 1.80. The number of methoxy groups -OCH3 is 1. The third-order valence-corrected chi connectivity index (χ3v) is 4.18. The van der Waals surface area contributed by atoms with Crippen molar-refractivity contribution in [3.63, 3.8) is 0 Å². The first-order valence-corrected chi connectivity index (χ1v) is 6.77. The molecule has 1 saturated heterocycles. The number of ether oxygens (including phenoxy) is 1. The largest absolute Gasteiger partial charge is 0.383 e. The monoisotopic (exact) mass is 217 g/mol. The molecule has 1 heterocycles. The second-order valence-electron chi connectivity index (χ2n) is 3.92. The highest BCUT2D eigenvalue weighted by atomic mass is 32.2. The molecule has 0 aromatic rings. The number of nitrogens with one attached hydrogen (secondary N) is 1. The Morgan fingerprint density at radius 2 is 2.36 bits per heavy atom. The fraction of sp³-hybridized carbons (Fsp3) is 1.00. The molecule has 0 aromatic carbocycles. The summed E-state index contributed by atoms with van der Waals surface area (Å²) in [6, 6.07) is 0.560. The predicted octanol–water partition coefficient (Wildman–Crippen LogP) is 2.29. The fourth-order valence-corrected chi connectivity index (χ4v) is 3.30. The van der Waals surface area contributed by atoms with E-state index in [1.54, 1.807) is 7.11 Å². The van der Waals surface area contributed by atoms with Crippen LogP contribution >= 0.6 is 11.8 Å². The molecule has 2 unspecified atom stereocenters. The van der Waals surface area contributed by atoms with Crippen molar-refractivity contribution < 1.29 is 4.74 Å². The molecule has 1 fully saturated rings. The predicted molar refractivity (Wildman–Crippen MR) is 64.1 cm³/mol. The van der Waals surface area contributed by atoms with Crippen molar-refractivity contribution in [1.29, 1.82) is 0 Å². The first kappa shape index (κ1) is 12.3. The Balaban J connectivity index is 2.30. The molecule has 2 nitrogen and oxygen atoms in total. The van der Waals surface area contributed by atoms with Crippen molar-refractivity contribution >= 4 is 11.8 Å². The molecule has 3 heteroatoms. The Morgan fingerprint density at radius 1 is 1.50 bits per heavy atom. The highest BCUT2D eigenvalue weighted by molar-refractivity contribution is 8.00. The van der Waals surface area contributed by atoms with Gasteiger partial charge in [-0.15, -0.1) is 0 Å². The Kier molecular flexibility index (Phi) is 6.65. The van der Waals surface area contributed by atoms with Crippen molar-refractivity contribution in [1.82, 2.24) is 5.32 Å². The van der Waals surface area contributed by atoms with Crippen LogP contribution in [0.1, 0.15) is 32.6 Å². The second kappa shape index (κ2) is 7.55. The first-order chi connectivity index (χ1) is 6.88. The fourth-order valence-electron chi connectivity index (χ4n) is 1.89. The lowest BCUT2D eigenvalue weighted by atomic mass is 10.1. The third kappa shape index (κ3) is 4.20. The highest BCUT2D eigenvalue weighted by Crippen LogP contribution is 2.27. The number of thioether (sulfide) groups is 1. The molecule has 2 atom stereocenters. The van der Waals surface area contributed by atoms with Gasteiger partial charge in [0.05, 0.1) is 6.61 Å². The lowest BCUT2D eigenvalue weighted by Crippen LogP contribution is -2.43. The van der Waals surface area contributed by atoms with Crippen LogP contribution in [0.4, 0.5) is 0 Å². The molecule has 0 bridgehead atoms. The van der Waals surface area contributed by atoms with Crippen LogP contribution in [-0.2, 0) is 4.74 Å². The van der Waals surface area contributed by atoms with Crippen LogP contribution in [-0.4, -0.2) is 37.3 Å². The van der Waals surface area contributed by atoms with Gasteiger partial charge in [-0.25, -0.2) is 0 Å². The molecule has 0 spiro atoms. The van der Waals surface area contributed by atoms with Gasteiger partial charge in [0.25, 0.3) is 0 Å². The summed E-state index contributed by atoms with van der Waals surface area (Å²) in [5.41, 5.74) is 0. The molecule has 0 radical (unpaired) electrons. The van der Waals surface area contributed by atoms with Crippen LogP contribution in [0.5, 0.6) is 0 Å². The van der Waals surface area contributed by atoms with Crippen LogP contribution < -0.4 is 5.32 Å². The van der Waals surface area contributed by atoms with E-state index in [9.17, 15) is 0 Å². The summed E-state index contributed by atoms with van der Waals surface area (Å²) in [4.78, 5) is 0. The highest BCUT2D eigenvalue weighted by Gasteiger charge is 2.23. The van der Waals surface area contributed by atoms with Crippen molar-refractivity contribution in [3.8, 4) is 0 Å². The van der Waals surface area contributed by atoms with Gasteiger partial charge < -0.3 is 10.1 Å². The van der Waals surface area contributed by atoms with Crippen LogP contribution in [0.2, 0.25) is 0 Å². The van der Waals surface area contributed by atoms with E-state index in [0.29, 0.717) is 6.04 Å². The third-order valence-electron chi connectivity index (χ3n) is 2.67. The summed E-state index contributed by atoms with van der Waals surface area (Å²) in [6.07, 6.45) is 5.35. The molecule has 1 aliphatic heterocycles. The Morgan fingerprint density at radius 3 is 2.93 bits per heavy atom. The van der Waals surface area contributed by atoms with Gasteiger partial charge in [0.15, 0.2) is 0 Å². The molecule has 1 aliphatic rings. The van der Waals surface area contributed by atoms with Crippen LogP contribution in [0.3, 0.4) is 0 Å². The smallest absolute Gasteiger partial charge is 0.0626 e. The molecule has 1 rings (SSSR count). The SMILES string of the molecule is CCCNC(COC)C1CCCCS1. The normalized spacial score (nSPS) is 24.9. The first-order valence-electron chi connectivity index (χ1n) is 5.72. The van der Waals surface area contributed by atoms with Gasteiger partial charge in [0, 0.05) is 18.4 Å². The Hall–Kier alpha value is 0.270. The molecule has 0 saturated carbocycles. The average molecular weight is 217 g/mol. The molecule has 0 aromatic heterocycles. The van der Waals surface area contributed by atoms with Crippen molar-refractivity contribution in [2.45, 2.75) is 43.9 Å². The minimum Gasteiger partial charge on any atom is -0.383 e. The van der Waals surface area contributed by atoms with Gasteiger partial charge in [-0.2, -0.15) is 11.8 Å². The van der Waals surface area contributed by atoms with Gasteiger partial charge >= 0.3 is 0 Å². The van der Waals surface area contributed by atoms with E-state index >= 15 is 0 Å². The summed E-state index contributed by atoms with van der Waals surface area (Å²) in [5.74, 6) is 1.33. The van der Waals surface area contributed by atoms with Crippen LogP contribution in [0.15, 0.2) is 0 Å². The Bertz CT molecular complexity index is 137. The quantitative estimate of drug-likeness (QED) is 0.737. The topological polar surface area (TPSA) is 21.3 Å². The van der Waals surface area contributed by atoms with Gasteiger partial charge in [-0.1, -0.05) is 13.3 Å². The van der Waals surface area contributed by atoms with Crippen LogP contribution in [0, 0.1) is 0 Å². The average Bonchev–Trinajstić information content (AvgIpc) is 2.25. The molecule has 1 N–H and O–H groups in total. The minimum atomic E-state index is 0.560. The van der Waals surface area contributed by atoms with E-state index in [2.05, 4.69) is 24.0 Å². The van der Waals surface area contributed by atoms with Gasteiger partial charge in [0.1, 0.15) is 0 Å². The maximum absolute atomic E-state index is 5.28. The molecule has 14 heavy (non-hydrogen) atoms. The van der Waals surface area contributed by atoms with Crippen LogP contribution in [0.25, 0.3) is 0 Å². The van der Waals surface area contributed by atoms with Crippen molar-refractivity contribution in [3.05, 3.63) is 0 Å². The zero-order valence-corrected chi connectivity index (χ0v) is 10.2. The molecule has 0 amide bonds. The maximum Gasteiger partial charge on any atom is 0.0626 e. The summed E-state index contributed by atoms with van der Waals surface area (Å²) in [6.45, 7) is 4.19. The lowest BCUT2D eigenvalue weighted by Gasteiger charge is -2.30. The van der Waals surface area contributed by atoms with Gasteiger partial charge in [0.2, 0.25) is 0 Å². The number of hydrogen-bond donors (Lipinski definition) is 1. The van der Waals surface area contributed by atoms with Crippen molar-refractivity contribution in [2.75, 3.05) is 26.0 Å². The number of rotatable bonds is 6. The van der Waals surface area contributed by atoms with E-state index in [-0.39, 0.29) is 0 Å². The standard InChI is InChI=1S/C11H23NOS/c1-3-7-12-10(9-13-2)11-6-4-5-8-14-11/h10-12H,3-9H2,1-2H3. The maximum atomic E-state index is 5.28. The molecule has 0 aliphatic carbocycles. The van der Waals surface area contributed by atoms with E-state index < -0.39 is 0 Å². The Labute approximate surface area is 92.2 Å². The molecular weight excluding hydrogens is 194 g/mol. The van der Waals surface area contributed by atoms with E-state index in [4.69, 9.17) is 4.74 Å². The molecule has 84 valence electrons. The second-order valence-corrected chi connectivity index (χ2v) is 5.27. The summed E-state index contributed by atoms with van der Waals surface area (Å²) >= 11 is 2.12. The van der Waals surface area contributed by atoms with E-state index in [1.807, 2.05) is 0 Å². The summed E-state index contributed by atoms with van der Waals surface area (Å²) in [5, 5.41) is 4.37. The number of hydrogen-bond acceptors (Lipinski definition) is 3. The molecular formula is C11H23NOS. The zero-order chi connectivity index (χ0) is 10.2. The van der Waals surface area contributed by atoms with Gasteiger partial charge in [-0.05, 0) is 31.6 Å². The minimum absolute atomic E-state index is 0.560. The summed E-state index contributed by atoms with van der Waals surface area (Å²) < 4.78 is 5.28.